The van der Waals surface area contributed by atoms with Gasteiger partial charge in [-0.3, -0.25) is 4.99 Å². The van der Waals surface area contributed by atoms with Gasteiger partial charge in [0.25, 0.3) is 0 Å². The second kappa shape index (κ2) is 12.7. The number of hydrogen-bond acceptors (Lipinski definition) is 3. The van der Waals surface area contributed by atoms with Crippen LogP contribution in [-0.4, -0.2) is 26.2 Å². The summed E-state index contributed by atoms with van der Waals surface area (Å²) in [5.41, 5.74) is 9.10. The summed E-state index contributed by atoms with van der Waals surface area (Å²) in [7, 11) is 1.67. The zero-order valence-electron chi connectivity index (χ0n) is 15.4. The summed E-state index contributed by atoms with van der Waals surface area (Å²) in [5.74, 6) is 0.402. The highest BCUT2D eigenvalue weighted by molar-refractivity contribution is 14.0. The Bertz CT molecular complexity index is 665. The summed E-state index contributed by atoms with van der Waals surface area (Å²) in [6.45, 7) is 3.85. The maximum absolute atomic E-state index is 5.96. The lowest BCUT2D eigenvalue weighted by molar-refractivity contribution is 0.0652. The molecule has 0 saturated carbocycles. The van der Waals surface area contributed by atoms with Crippen LogP contribution in [0.15, 0.2) is 59.6 Å². The van der Waals surface area contributed by atoms with Gasteiger partial charge in [0.15, 0.2) is 5.96 Å². The normalized spacial score (nSPS) is 12.3. The number of nitrogens with zero attached hydrogens (tertiary/aromatic N) is 1. The molecule has 5 nitrogen and oxygen atoms in total. The van der Waals surface area contributed by atoms with Crippen molar-refractivity contribution in [3.63, 3.8) is 0 Å². The molecule has 142 valence electrons. The number of hydrogen-bond donors (Lipinski definition) is 2. The molecule has 2 rings (SSSR count). The molecule has 0 amide bonds. The summed E-state index contributed by atoms with van der Waals surface area (Å²) >= 11 is 0. The van der Waals surface area contributed by atoms with Crippen LogP contribution in [0.25, 0.3) is 0 Å². The van der Waals surface area contributed by atoms with E-state index < -0.39 is 0 Å². The minimum atomic E-state index is 0. The maximum Gasteiger partial charge on any atom is 0.193 e. The van der Waals surface area contributed by atoms with Crippen LogP contribution in [0.2, 0.25) is 0 Å². The van der Waals surface area contributed by atoms with Gasteiger partial charge < -0.3 is 20.5 Å². The predicted octanol–water partition coefficient (Wildman–Crippen LogP) is 4.35. The van der Waals surface area contributed by atoms with Crippen molar-refractivity contribution in [2.24, 2.45) is 10.7 Å². The molecule has 6 heteroatoms. The van der Waals surface area contributed by atoms with Crippen LogP contribution in [0.4, 0.5) is 5.69 Å². The molecule has 1 unspecified atom stereocenters. The van der Waals surface area contributed by atoms with E-state index in [9.17, 15) is 0 Å². The average molecular weight is 469 g/mol. The van der Waals surface area contributed by atoms with E-state index >= 15 is 0 Å². The minimum absolute atomic E-state index is 0. The quantitative estimate of drug-likeness (QED) is 0.248. The van der Waals surface area contributed by atoms with Gasteiger partial charge in [-0.25, -0.2) is 0 Å². The zero-order valence-corrected chi connectivity index (χ0v) is 17.7. The third-order valence-corrected chi connectivity index (χ3v) is 3.80. The van der Waals surface area contributed by atoms with Gasteiger partial charge in [-0.15, -0.1) is 24.0 Å². The molecule has 0 aliphatic rings. The van der Waals surface area contributed by atoms with Crippen molar-refractivity contribution in [1.29, 1.82) is 0 Å². The average Bonchev–Trinajstić information content (AvgIpc) is 2.64. The van der Waals surface area contributed by atoms with Crippen LogP contribution in [-0.2, 0) is 16.1 Å². The van der Waals surface area contributed by atoms with E-state index in [2.05, 4.69) is 29.4 Å². The van der Waals surface area contributed by atoms with E-state index in [-0.39, 0.29) is 30.1 Å². The predicted molar refractivity (Wildman–Crippen MR) is 118 cm³/mol. The van der Waals surface area contributed by atoms with Crippen molar-refractivity contribution in [3.05, 3.63) is 65.7 Å². The Hall–Kier alpha value is -1.64. The first-order valence-corrected chi connectivity index (χ1v) is 8.51. The van der Waals surface area contributed by atoms with Crippen molar-refractivity contribution in [2.45, 2.75) is 26.1 Å². The first-order valence-electron chi connectivity index (χ1n) is 8.51. The van der Waals surface area contributed by atoms with Crippen LogP contribution in [0, 0.1) is 0 Å². The number of para-hydroxylation sites is 1. The molecular formula is C20H28IN3O2. The van der Waals surface area contributed by atoms with Gasteiger partial charge in [0.1, 0.15) is 0 Å². The monoisotopic (exact) mass is 469 g/mol. The van der Waals surface area contributed by atoms with Crippen molar-refractivity contribution in [2.75, 3.05) is 25.6 Å². The SMILES string of the molecule is COCc1ccccc1NC(N)=NCCCOC(C)c1ccccc1.I. The molecule has 2 aromatic carbocycles. The number of anilines is 1. The molecule has 3 N–H and O–H groups in total. The van der Waals surface area contributed by atoms with Crippen molar-refractivity contribution in [1.82, 2.24) is 0 Å². The standard InChI is InChI=1S/C20H27N3O2.HI/c1-16(17-9-4-3-5-10-17)25-14-8-13-22-20(21)23-19-12-7-6-11-18(19)15-24-2;/h3-7,9-12,16H,8,13-15H2,1-2H3,(H3,21,22,23);1H. The van der Waals surface area contributed by atoms with Gasteiger partial charge in [-0.05, 0) is 25.0 Å². The highest BCUT2D eigenvalue weighted by Gasteiger charge is 2.04. The van der Waals surface area contributed by atoms with Crippen LogP contribution in [0.1, 0.15) is 30.6 Å². The highest BCUT2D eigenvalue weighted by Crippen LogP contribution is 2.16. The molecular weight excluding hydrogens is 441 g/mol. The Morgan fingerprint density at radius 1 is 1.12 bits per heavy atom. The lowest BCUT2D eigenvalue weighted by Crippen LogP contribution is -2.23. The molecule has 2 aromatic rings. The molecule has 1 atom stereocenters. The highest BCUT2D eigenvalue weighted by atomic mass is 127. The second-order valence-electron chi connectivity index (χ2n) is 5.76. The van der Waals surface area contributed by atoms with Gasteiger partial charge in [0.05, 0.1) is 12.7 Å². The summed E-state index contributed by atoms with van der Waals surface area (Å²) < 4.78 is 11.0. The summed E-state index contributed by atoms with van der Waals surface area (Å²) in [6.07, 6.45) is 0.904. The van der Waals surface area contributed by atoms with Crippen LogP contribution in [0.5, 0.6) is 0 Å². The van der Waals surface area contributed by atoms with E-state index in [4.69, 9.17) is 15.2 Å². The number of rotatable bonds is 9. The largest absolute Gasteiger partial charge is 0.380 e. The molecule has 0 fully saturated rings. The number of aliphatic imine (C=N–C) groups is 1. The number of ether oxygens (including phenoxy) is 2. The van der Waals surface area contributed by atoms with E-state index in [1.807, 2.05) is 42.5 Å². The van der Waals surface area contributed by atoms with Gasteiger partial charge in [0.2, 0.25) is 0 Å². The number of nitrogens with two attached hydrogens (primary N) is 1. The molecule has 0 aliphatic carbocycles. The number of methoxy groups -OCH3 is 1. The number of nitrogens with one attached hydrogen (secondary N) is 1. The fourth-order valence-electron chi connectivity index (χ4n) is 2.45. The summed E-state index contributed by atoms with van der Waals surface area (Å²) in [6, 6.07) is 18.1. The molecule has 0 aromatic heterocycles. The van der Waals surface area contributed by atoms with Gasteiger partial charge in [-0.2, -0.15) is 0 Å². The Balaban J connectivity index is 0.00000338. The Kier molecular flexibility index (Phi) is 10.9. The summed E-state index contributed by atoms with van der Waals surface area (Å²) in [4.78, 5) is 4.35. The van der Waals surface area contributed by atoms with Crippen LogP contribution >= 0.6 is 24.0 Å². The molecule has 0 bridgehead atoms. The van der Waals surface area contributed by atoms with Crippen LogP contribution < -0.4 is 11.1 Å². The first kappa shape index (κ1) is 22.4. The molecule has 0 aliphatic heterocycles. The number of guanidine groups is 1. The Morgan fingerprint density at radius 2 is 1.81 bits per heavy atom. The molecule has 26 heavy (non-hydrogen) atoms. The zero-order chi connectivity index (χ0) is 17.9. The minimum Gasteiger partial charge on any atom is -0.380 e. The lowest BCUT2D eigenvalue weighted by Gasteiger charge is -2.13. The third-order valence-electron chi connectivity index (χ3n) is 3.80. The molecule has 0 spiro atoms. The smallest absolute Gasteiger partial charge is 0.193 e. The third kappa shape index (κ3) is 7.72. The van der Waals surface area contributed by atoms with E-state index in [1.54, 1.807) is 7.11 Å². The van der Waals surface area contributed by atoms with E-state index in [0.717, 1.165) is 17.7 Å². The Labute approximate surface area is 173 Å². The molecule has 0 radical (unpaired) electrons. The lowest BCUT2D eigenvalue weighted by atomic mass is 10.1. The van der Waals surface area contributed by atoms with E-state index in [1.165, 1.54) is 5.56 Å². The van der Waals surface area contributed by atoms with Crippen molar-refractivity contribution >= 4 is 35.6 Å². The van der Waals surface area contributed by atoms with E-state index in [0.29, 0.717) is 25.7 Å². The topological polar surface area (TPSA) is 68.9 Å². The van der Waals surface area contributed by atoms with Gasteiger partial charge in [0, 0.05) is 31.5 Å². The maximum atomic E-state index is 5.96. The van der Waals surface area contributed by atoms with Gasteiger partial charge >= 0.3 is 0 Å². The van der Waals surface area contributed by atoms with Gasteiger partial charge in [-0.1, -0.05) is 48.5 Å². The number of halogens is 1. The first-order chi connectivity index (χ1) is 12.2. The van der Waals surface area contributed by atoms with Crippen molar-refractivity contribution in [3.8, 4) is 0 Å². The Morgan fingerprint density at radius 3 is 2.54 bits per heavy atom. The molecule has 0 heterocycles. The van der Waals surface area contributed by atoms with Crippen molar-refractivity contribution < 1.29 is 9.47 Å². The molecule has 0 saturated heterocycles. The van der Waals surface area contributed by atoms with Crippen LogP contribution in [0.3, 0.4) is 0 Å². The second-order valence-corrected chi connectivity index (χ2v) is 5.76. The number of benzene rings is 2. The fourth-order valence-corrected chi connectivity index (χ4v) is 2.45. The fraction of sp³-hybridized carbons (Fsp3) is 0.350. The summed E-state index contributed by atoms with van der Waals surface area (Å²) in [5, 5.41) is 3.13.